The first kappa shape index (κ1) is 20.4. The molecular weight excluding hydrogens is 384 g/mol. The lowest BCUT2D eigenvalue weighted by Gasteiger charge is -2.26. The van der Waals surface area contributed by atoms with E-state index in [0.717, 1.165) is 25.9 Å². The molecule has 0 unspecified atom stereocenters. The number of furan rings is 1. The van der Waals surface area contributed by atoms with Gasteiger partial charge in [-0.3, -0.25) is 14.4 Å². The van der Waals surface area contributed by atoms with Gasteiger partial charge in [0.2, 0.25) is 0 Å². The Hall–Kier alpha value is -2.87. The van der Waals surface area contributed by atoms with E-state index in [1.165, 1.54) is 6.26 Å². The van der Waals surface area contributed by atoms with Gasteiger partial charge in [0.05, 0.1) is 6.26 Å². The van der Waals surface area contributed by atoms with Crippen molar-refractivity contribution in [1.82, 2.24) is 19.7 Å². The highest BCUT2D eigenvalue weighted by molar-refractivity contribution is 5.95. The number of pyridine rings is 1. The fourth-order valence-electron chi connectivity index (χ4n) is 4.31. The van der Waals surface area contributed by atoms with Crippen molar-refractivity contribution in [2.75, 3.05) is 39.3 Å². The molecule has 8 heteroatoms. The molecule has 0 aromatic carbocycles. The lowest BCUT2D eigenvalue weighted by Crippen LogP contribution is -2.41. The van der Waals surface area contributed by atoms with Gasteiger partial charge in [0.25, 0.3) is 17.4 Å². The normalized spacial score (nSPS) is 18.3. The smallest absolute Gasteiger partial charge is 0.289 e. The van der Waals surface area contributed by atoms with Crippen molar-refractivity contribution < 1.29 is 14.0 Å². The molecule has 2 fully saturated rings. The van der Waals surface area contributed by atoms with Gasteiger partial charge in [0.1, 0.15) is 5.56 Å². The molecule has 2 amide bonds. The Morgan fingerprint density at radius 3 is 2.40 bits per heavy atom. The van der Waals surface area contributed by atoms with Crippen LogP contribution in [0.4, 0.5) is 0 Å². The number of nitrogens with one attached hydrogen (secondary N) is 1. The summed E-state index contributed by atoms with van der Waals surface area (Å²) in [6.45, 7) is 5.44. The van der Waals surface area contributed by atoms with Crippen molar-refractivity contribution >= 4 is 11.8 Å². The second-order valence-corrected chi connectivity index (χ2v) is 7.98. The maximum absolute atomic E-state index is 13.3. The van der Waals surface area contributed by atoms with Gasteiger partial charge in [0.15, 0.2) is 5.76 Å². The van der Waals surface area contributed by atoms with Gasteiger partial charge in [-0.1, -0.05) is 0 Å². The van der Waals surface area contributed by atoms with Crippen LogP contribution < -0.4 is 10.9 Å². The molecule has 4 heterocycles. The third-order valence-electron chi connectivity index (χ3n) is 6.05. The number of hydrogen-bond acceptors (Lipinski definition) is 5. The van der Waals surface area contributed by atoms with E-state index in [1.54, 1.807) is 26.5 Å². The molecule has 4 rings (SSSR count). The second-order valence-electron chi connectivity index (χ2n) is 7.98. The molecule has 160 valence electrons. The number of amides is 2. The molecule has 0 atom stereocenters. The number of aryl methyl sites for hydroxylation is 1. The van der Waals surface area contributed by atoms with E-state index < -0.39 is 0 Å². The molecule has 2 aromatic heterocycles. The summed E-state index contributed by atoms with van der Waals surface area (Å²) >= 11 is 0. The van der Waals surface area contributed by atoms with Crippen LogP contribution >= 0.6 is 0 Å². The second kappa shape index (κ2) is 8.87. The van der Waals surface area contributed by atoms with Crippen LogP contribution in [0.3, 0.4) is 0 Å². The molecular formula is C22H28N4O4. The van der Waals surface area contributed by atoms with Crippen molar-refractivity contribution in [3.05, 3.63) is 57.9 Å². The Morgan fingerprint density at radius 1 is 1.03 bits per heavy atom. The van der Waals surface area contributed by atoms with E-state index in [1.807, 2.05) is 19.2 Å². The summed E-state index contributed by atoms with van der Waals surface area (Å²) in [6, 6.07) is 5.32. The third kappa shape index (κ3) is 4.05. The minimum Gasteiger partial charge on any atom is -0.459 e. The van der Waals surface area contributed by atoms with Crippen molar-refractivity contribution in [3.63, 3.8) is 0 Å². The van der Waals surface area contributed by atoms with E-state index in [0.29, 0.717) is 43.9 Å². The molecule has 30 heavy (non-hydrogen) atoms. The number of carbonyl (C=O) groups excluding carboxylic acids is 2. The molecule has 1 N–H and O–H groups in total. The Balaban J connectivity index is 1.51. The zero-order valence-electron chi connectivity index (χ0n) is 17.3. The summed E-state index contributed by atoms with van der Waals surface area (Å²) in [4.78, 5) is 42.5. The highest BCUT2D eigenvalue weighted by Gasteiger charge is 2.28. The maximum atomic E-state index is 13.3. The van der Waals surface area contributed by atoms with Gasteiger partial charge < -0.3 is 24.1 Å². The number of nitrogens with zero attached hydrogens (tertiary/aromatic N) is 3. The van der Waals surface area contributed by atoms with Crippen LogP contribution in [-0.4, -0.2) is 65.4 Å². The van der Waals surface area contributed by atoms with E-state index in [9.17, 15) is 14.4 Å². The first-order chi connectivity index (χ1) is 14.6. The zero-order chi connectivity index (χ0) is 21.1. The number of rotatable bonds is 3. The number of hydrogen-bond donors (Lipinski definition) is 1. The maximum Gasteiger partial charge on any atom is 0.289 e. The largest absolute Gasteiger partial charge is 0.459 e. The summed E-state index contributed by atoms with van der Waals surface area (Å²) in [5, 5.41) is 3.31. The Morgan fingerprint density at radius 2 is 1.73 bits per heavy atom. The standard InChI is InChI=1S/C22H28N4O4/c1-16-7-12-26(17-5-8-23-9-6-17)22(29)19(16)21(28)25-11-3-10-24(13-14-25)20(27)18-4-2-15-30-18/h2,4,7,12,15,17,23H,3,5-6,8-11,13-14H2,1H3. The minimum absolute atomic E-state index is 0.122. The Labute approximate surface area is 175 Å². The quantitative estimate of drug-likeness (QED) is 0.829. The molecule has 0 bridgehead atoms. The Kier molecular flexibility index (Phi) is 6.03. The predicted octanol–water partition coefficient (Wildman–Crippen LogP) is 1.66. The van der Waals surface area contributed by atoms with Crippen molar-refractivity contribution in [2.24, 2.45) is 0 Å². The van der Waals surface area contributed by atoms with Gasteiger partial charge >= 0.3 is 0 Å². The molecule has 0 aliphatic carbocycles. The molecule has 2 aliphatic rings. The topological polar surface area (TPSA) is 87.8 Å². The van der Waals surface area contributed by atoms with Crippen molar-refractivity contribution in [2.45, 2.75) is 32.2 Å². The highest BCUT2D eigenvalue weighted by atomic mass is 16.3. The summed E-state index contributed by atoms with van der Waals surface area (Å²) in [6.07, 6.45) is 5.71. The fourth-order valence-corrected chi connectivity index (χ4v) is 4.31. The number of aromatic nitrogens is 1. The van der Waals surface area contributed by atoms with Gasteiger partial charge in [-0.05, 0) is 63.0 Å². The molecule has 0 saturated carbocycles. The van der Waals surface area contributed by atoms with Gasteiger partial charge in [-0.15, -0.1) is 0 Å². The van der Waals surface area contributed by atoms with E-state index >= 15 is 0 Å². The fraction of sp³-hybridized carbons (Fsp3) is 0.500. The third-order valence-corrected chi connectivity index (χ3v) is 6.05. The average Bonchev–Trinajstić information content (AvgIpc) is 3.18. The highest BCUT2D eigenvalue weighted by Crippen LogP contribution is 2.18. The summed E-state index contributed by atoms with van der Waals surface area (Å²) < 4.78 is 6.94. The van der Waals surface area contributed by atoms with E-state index in [2.05, 4.69) is 5.32 Å². The zero-order valence-corrected chi connectivity index (χ0v) is 17.3. The lowest BCUT2D eigenvalue weighted by atomic mass is 10.0. The summed E-state index contributed by atoms with van der Waals surface area (Å²) in [7, 11) is 0. The first-order valence-corrected chi connectivity index (χ1v) is 10.6. The van der Waals surface area contributed by atoms with E-state index in [-0.39, 0.29) is 29.0 Å². The van der Waals surface area contributed by atoms with Crippen LogP contribution in [0.25, 0.3) is 0 Å². The first-order valence-electron chi connectivity index (χ1n) is 10.6. The lowest BCUT2D eigenvalue weighted by molar-refractivity contribution is 0.0699. The van der Waals surface area contributed by atoms with Crippen LogP contribution in [0.2, 0.25) is 0 Å². The summed E-state index contributed by atoms with van der Waals surface area (Å²) in [5.41, 5.74) is 0.740. The molecule has 2 saturated heterocycles. The van der Waals surface area contributed by atoms with Crippen LogP contribution in [0.1, 0.15) is 51.8 Å². The monoisotopic (exact) mass is 412 g/mol. The average molecular weight is 412 g/mol. The van der Waals surface area contributed by atoms with Gasteiger partial charge in [0, 0.05) is 38.4 Å². The predicted molar refractivity (Wildman–Crippen MR) is 112 cm³/mol. The van der Waals surface area contributed by atoms with Gasteiger partial charge in [-0.2, -0.15) is 0 Å². The van der Waals surface area contributed by atoms with E-state index in [4.69, 9.17) is 4.42 Å². The Bertz CT molecular complexity index is 960. The molecule has 8 nitrogen and oxygen atoms in total. The SMILES string of the molecule is Cc1ccn(C2CCNCC2)c(=O)c1C(=O)N1CCCN(C(=O)c2ccco2)CC1. The van der Waals surface area contributed by atoms with Crippen LogP contribution in [0.15, 0.2) is 39.9 Å². The minimum atomic E-state index is -0.243. The molecule has 2 aliphatic heterocycles. The summed E-state index contributed by atoms with van der Waals surface area (Å²) in [5.74, 6) is -0.106. The van der Waals surface area contributed by atoms with Crippen LogP contribution in [-0.2, 0) is 0 Å². The molecule has 2 aromatic rings. The van der Waals surface area contributed by atoms with Crippen molar-refractivity contribution in [1.29, 1.82) is 0 Å². The number of carbonyl (C=O) groups is 2. The molecule has 0 spiro atoms. The van der Waals surface area contributed by atoms with Crippen LogP contribution in [0, 0.1) is 6.92 Å². The van der Waals surface area contributed by atoms with Crippen molar-refractivity contribution in [3.8, 4) is 0 Å². The number of piperidine rings is 1. The van der Waals surface area contributed by atoms with Crippen LogP contribution in [0.5, 0.6) is 0 Å². The van der Waals surface area contributed by atoms with Gasteiger partial charge in [-0.25, -0.2) is 0 Å². The molecule has 0 radical (unpaired) electrons.